The maximum atomic E-state index is 12.1. The first kappa shape index (κ1) is 20.9. The summed E-state index contributed by atoms with van der Waals surface area (Å²) in [6.45, 7) is 13.9. The fourth-order valence-electron chi connectivity index (χ4n) is 2.79. The Hall–Kier alpha value is -1.44. The van der Waals surface area contributed by atoms with Crippen molar-refractivity contribution in [3.05, 3.63) is 17.8 Å². The Bertz CT molecular complexity index is 553. The number of piperazine rings is 1. The maximum absolute atomic E-state index is 12.1. The summed E-state index contributed by atoms with van der Waals surface area (Å²) >= 11 is 0. The first-order valence-electron chi connectivity index (χ1n) is 9.74. The number of aromatic nitrogens is 1. The number of β-amino-alcohol motifs (C(OH)–C–C–N with tert-alkyl or cyclic N) is 1. The second-order valence-electron chi connectivity index (χ2n) is 7.74. The van der Waals surface area contributed by atoms with Crippen LogP contribution in [-0.2, 0) is 6.54 Å². The Morgan fingerprint density at radius 3 is 2.54 bits per heavy atom. The highest BCUT2D eigenvalue weighted by atomic mass is 16.3. The molecule has 0 unspecified atom stereocenters. The molecule has 2 heterocycles. The van der Waals surface area contributed by atoms with Gasteiger partial charge in [-0.3, -0.25) is 14.6 Å². The third-order valence-corrected chi connectivity index (χ3v) is 5.13. The first-order valence-corrected chi connectivity index (χ1v) is 9.74. The van der Waals surface area contributed by atoms with E-state index in [4.69, 9.17) is 4.42 Å². The van der Waals surface area contributed by atoms with Crippen LogP contribution in [0.3, 0.4) is 0 Å². The molecule has 1 aliphatic rings. The average Bonchev–Trinajstić information content (AvgIpc) is 3.09. The van der Waals surface area contributed by atoms with E-state index in [0.717, 1.165) is 39.1 Å². The minimum absolute atomic E-state index is 0.173. The van der Waals surface area contributed by atoms with Crippen molar-refractivity contribution in [1.82, 2.24) is 20.1 Å². The summed E-state index contributed by atoms with van der Waals surface area (Å²) < 4.78 is 5.48. The van der Waals surface area contributed by atoms with Crippen molar-refractivity contribution in [3.8, 4) is 0 Å². The van der Waals surface area contributed by atoms with E-state index >= 15 is 0 Å². The van der Waals surface area contributed by atoms with Gasteiger partial charge in [0.25, 0.3) is 5.91 Å². The van der Waals surface area contributed by atoms with E-state index in [1.807, 2.05) is 13.8 Å². The molecule has 0 saturated carbocycles. The molecule has 148 valence electrons. The summed E-state index contributed by atoms with van der Waals surface area (Å²) in [5.41, 5.74) is 0.349. The molecular weight excluding hydrogens is 332 g/mol. The molecule has 0 spiro atoms. The third kappa shape index (κ3) is 6.37. The van der Waals surface area contributed by atoms with Gasteiger partial charge in [0.1, 0.15) is 6.26 Å². The van der Waals surface area contributed by atoms with E-state index in [2.05, 4.69) is 33.9 Å². The number of hydrogen-bond acceptors (Lipinski definition) is 6. The lowest BCUT2D eigenvalue weighted by Crippen LogP contribution is -2.48. The summed E-state index contributed by atoms with van der Waals surface area (Å²) in [7, 11) is 0. The number of aliphatic hydroxyl groups excluding tert-OH is 1. The van der Waals surface area contributed by atoms with Gasteiger partial charge < -0.3 is 14.8 Å². The number of carbonyl (C=O) groups excluding carboxylic acids is 1. The Balaban J connectivity index is 1.75. The van der Waals surface area contributed by atoms with Crippen LogP contribution in [0.25, 0.3) is 0 Å². The predicted octanol–water partition coefficient (Wildman–Crippen LogP) is 1.58. The zero-order chi connectivity index (χ0) is 19.1. The Labute approximate surface area is 156 Å². The van der Waals surface area contributed by atoms with E-state index in [9.17, 15) is 9.90 Å². The van der Waals surface area contributed by atoms with Gasteiger partial charge in [-0.1, -0.05) is 34.1 Å². The molecule has 1 aromatic heterocycles. The van der Waals surface area contributed by atoms with Gasteiger partial charge in [-0.05, 0) is 11.8 Å². The van der Waals surface area contributed by atoms with E-state index in [1.165, 1.54) is 6.26 Å². The molecule has 1 fully saturated rings. The van der Waals surface area contributed by atoms with Crippen molar-refractivity contribution in [1.29, 1.82) is 0 Å². The normalized spacial score (nSPS) is 18.8. The molecule has 2 rings (SSSR count). The number of nitrogens with zero attached hydrogens (tertiary/aromatic N) is 3. The number of carbonyl (C=O) groups is 1. The molecule has 1 aliphatic heterocycles. The molecule has 2 atom stereocenters. The van der Waals surface area contributed by atoms with Crippen LogP contribution in [0.5, 0.6) is 0 Å². The Morgan fingerprint density at radius 2 is 1.92 bits per heavy atom. The SMILES string of the molecule is CC[C@@H](C)CNC(=O)c1coc(CN2CCN(C[C@H](O)C(C)C)CC2)n1. The van der Waals surface area contributed by atoms with Crippen molar-refractivity contribution in [2.24, 2.45) is 11.8 Å². The van der Waals surface area contributed by atoms with Crippen molar-refractivity contribution in [2.75, 3.05) is 39.3 Å². The lowest BCUT2D eigenvalue weighted by molar-refractivity contribution is 0.0463. The number of amides is 1. The molecule has 1 saturated heterocycles. The first-order chi connectivity index (χ1) is 12.4. The van der Waals surface area contributed by atoms with Gasteiger partial charge in [0, 0.05) is 39.3 Å². The van der Waals surface area contributed by atoms with E-state index in [1.54, 1.807) is 0 Å². The molecule has 0 radical (unpaired) electrons. The largest absolute Gasteiger partial charge is 0.447 e. The summed E-state index contributed by atoms with van der Waals surface area (Å²) in [5.74, 6) is 1.14. The van der Waals surface area contributed by atoms with Crippen LogP contribution >= 0.6 is 0 Å². The van der Waals surface area contributed by atoms with Crippen LogP contribution in [0.4, 0.5) is 0 Å². The predicted molar refractivity (Wildman–Crippen MR) is 101 cm³/mol. The van der Waals surface area contributed by atoms with Crippen LogP contribution in [0.1, 0.15) is 50.5 Å². The molecule has 0 aliphatic carbocycles. The number of rotatable bonds is 9. The lowest BCUT2D eigenvalue weighted by atomic mass is 10.1. The van der Waals surface area contributed by atoms with Gasteiger partial charge in [0.15, 0.2) is 5.69 Å². The molecule has 1 amide bonds. The molecular formula is C19H34N4O3. The van der Waals surface area contributed by atoms with Gasteiger partial charge in [0.05, 0.1) is 12.6 Å². The summed E-state index contributed by atoms with van der Waals surface area (Å²) in [6.07, 6.45) is 2.20. The summed E-state index contributed by atoms with van der Waals surface area (Å²) in [4.78, 5) is 21.0. The van der Waals surface area contributed by atoms with Crippen LogP contribution in [0.2, 0.25) is 0 Å². The fraction of sp³-hybridized carbons (Fsp3) is 0.789. The highest BCUT2D eigenvalue weighted by molar-refractivity contribution is 5.91. The van der Waals surface area contributed by atoms with Crippen LogP contribution in [0, 0.1) is 11.8 Å². The monoisotopic (exact) mass is 366 g/mol. The molecule has 0 aromatic carbocycles. The van der Waals surface area contributed by atoms with Crippen molar-refractivity contribution in [3.63, 3.8) is 0 Å². The molecule has 7 heteroatoms. The molecule has 2 N–H and O–H groups in total. The third-order valence-electron chi connectivity index (χ3n) is 5.13. The van der Waals surface area contributed by atoms with Crippen molar-refractivity contribution in [2.45, 2.75) is 46.8 Å². The maximum Gasteiger partial charge on any atom is 0.273 e. The minimum atomic E-state index is -0.273. The molecule has 7 nitrogen and oxygen atoms in total. The highest BCUT2D eigenvalue weighted by Crippen LogP contribution is 2.11. The number of nitrogens with one attached hydrogen (secondary N) is 1. The minimum Gasteiger partial charge on any atom is -0.447 e. The Kier molecular flexibility index (Phi) is 8.06. The summed E-state index contributed by atoms with van der Waals surface area (Å²) in [5, 5.41) is 12.9. The van der Waals surface area contributed by atoms with E-state index < -0.39 is 0 Å². The standard InChI is InChI=1S/C19H34N4O3/c1-5-15(4)10-20-19(25)16-13-26-18(21-16)12-23-8-6-22(7-9-23)11-17(24)14(2)3/h13-15,17,24H,5-12H2,1-4H3,(H,20,25)/t15-,17+/m1/s1. The lowest BCUT2D eigenvalue weighted by Gasteiger charge is -2.35. The number of oxazole rings is 1. The quantitative estimate of drug-likeness (QED) is 0.691. The van der Waals surface area contributed by atoms with Crippen molar-refractivity contribution < 1.29 is 14.3 Å². The van der Waals surface area contributed by atoms with E-state index in [-0.39, 0.29) is 17.9 Å². The van der Waals surface area contributed by atoms with E-state index in [0.29, 0.717) is 30.6 Å². The van der Waals surface area contributed by atoms with Gasteiger partial charge >= 0.3 is 0 Å². The highest BCUT2D eigenvalue weighted by Gasteiger charge is 2.22. The van der Waals surface area contributed by atoms with Gasteiger partial charge in [-0.2, -0.15) is 0 Å². The second kappa shape index (κ2) is 10.0. The van der Waals surface area contributed by atoms with Crippen LogP contribution in [0.15, 0.2) is 10.7 Å². The molecule has 0 bridgehead atoms. The van der Waals surface area contributed by atoms with Gasteiger partial charge in [-0.15, -0.1) is 0 Å². The smallest absolute Gasteiger partial charge is 0.273 e. The zero-order valence-electron chi connectivity index (χ0n) is 16.6. The van der Waals surface area contributed by atoms with Crippen molar-refractivity contribution >= 4 is 5.91 Å². The van der Waals surface area contributed by atoms with Gasteiger partial charge in [0.2, 0.25) is 5.89 Å². The second-order valence-corrected chi connectivity index (χ2v) is 7.74. The Morgan fingerprint density at radius 1 is 1.27 bits per heavy atom. The zero-order valence-corrected chi connectivity index (χ0v) is 16.6. The molecule has 1 aromatic rings. The summed E-state index contributed by atoms with van der Waals surface area (Å²) in [6, 6.07) is 0. The van der Waals surface area contributed by atoms with Gasteiger partial charge in [-0.25, -0.2) is 4.98 Å². The number of aliphatic hydroxyl groups is 1. The number of hydrogen-bond donors (Lipinski definition) is 2. The van der Waals surface area contributed by atoms with Crippen LogP contribution in [-0.4, -0.2) is 71.2 Å². The average molecular weight is 367 g/mol. The topological polar surface area (TPSA) is 81.8 Å². The molecule has 26 heavy (non-hydrogen) atoms. The fourth-order valence-corrected chi connectivity index (χ4v) is 2.79. The van der Waals surface area contributed by atoms with Crippen LogP contribution < -0.4 is 5.32 Å².